The third-order valence-corrected chi connectivity index (χ3v) is 6.04. The highest BCUT2D eigenvalue weighted by atomic mass is 16.5. The highest BCUT2D eigenvalue weighted by Gasteiger charge is 2.23. The largest absolute Gasteiger partial charge is 0.497 e. The van der Waals surface area contributed by atoms with E-state index in [1.54, 1.807) is 7.11 Å². The van der Waals surface area contributed by atoms with E-state index >= 15 is 0 Å². The number of methoxy groups -OCH3 is 1. The molecule has 0 unspecified atom stereocenters. The second kappa shape index (κ2) is 8.38. The van der Waals surface area contributed by atoms with Crippen LogP contribution in [-0.2, 0) is 0 Å². The van der Waals surface area contributed by atoms with Gasteiger partial charge in [0.2, 0.25) is 0 Å². The summed E-state index contributed by atoms with van der Waals surface area (Å²) in [6, 6.07) is 21.8. The Hall–Kier alpha value is -3.80. The Morgan fingerprint density at radius 3 is 2.34 bits per heavy atom. The van der Waals surface area contributed by atoms with Crippen molar-refractivity contribution >= 4 is 22.5 Å². The average Bonchev–Trinajstić information content (AvgIpc) is 3.27. The van der Waals surface area contributed by atoms with Crippen LogP contribution in [-0.4, -0.2) is 49.3 Å². The first kappa shape index (κ1) is 20.1. The van der Waals surface area contributed by atoms with Crippen molar-refractivity contribution in [3.8, 4) is 17.1 Å². The molecule has 0 aliphatic carbocycles. The Balaban J connectivity index is 1.32. The van der Waals surface area contributed by atoms with E-state index in [1.807, 2.05) is 66.4 Å². The van der Waals surface area contributed by atoms with Crippen LogP contribution in [0.25, 0.3) is 22.2 Å². The Bertz CT molecular complexity index is 1240. The first-order valence-corrected chi connectivity index (χ1v) is 10.8. The van der Waals surface area contributed by atoms with Gasteiger partial charge in [0.1, 0.15) is 11.3 Å². The Morgan fingerprint density at radius 2 is 1.66 bits per heavy atom. The molecule has 6 nitrogen and oxygen atoms in total. The quantitative estimate of drug-likeness (QED) is 0.469. The molecule has 3 aromatic carbocycles. The van der Waals surface area contributed by atoms with E-state index in [-0.39, 0.29) is 5.91 Å². The minimum atomic E-state index is 0.0392. The van der Waals surface area contributed by atoms with Crippen molar-refractivity contribution in [1.82, 2.24) is 10.1 Å². The van der Waals surface area contributed by atoms with Crippen LogP contribution < -0.4 is 9.64 Å². The fourth-order valence-electron chi connectivity index (χ4n) is 4.13. The lowest BCUT2D eigenvalue weighted by atomic mass is 10.0. The molecule has 6 heteroatoms. The van der Waals surface area contributed by atoms with Gasteiger partial charge in [0, 0.05) is 43.0 Å². The van der Waals surface area contributed by atoms with Crippen LogP contribution in [0, 0.1) is 6.92 Å². The number of fused-ring (bicyclic) bond motifs is 1. The summed E-state index contributed by atoms with van der Waals surface area (Å²) < 4.78 is 10.8. The van der Waals surface area contributed by atoms with Crippen molar-refractivity contribution in [2.75, 3.05) is 38.2 Å². The molecule has 0 atom stereocenters. The molecule has 0 saturated carbocycles. The molecule has 162 valence electrons. The van der Waals surface area contributed by atoms with Crippen molar-refractivity contribution in [2.45, 2.75) is 6.92 Å². The smallest absolute Gasteiger partial charge is 0.254 e. The number of amides is 1. The Morgan fingerprint density at radius 1 is 0.938 bits per heavy atom. The number of carbonyl (C=O) groups is 1. The van der Waals surface area contributed by atoms with Crippen molar-refractivity contribution in [2.24, 2.45) is 0 Å². The molecule has 2 heterocycles. The first-order chi connectivity index (χ1) is 15.6. The molecule has 0 radical (unpaired) electrons. The predicted octanol–water partition coefficient (Wildman–Crippen LogP) is 4.77. The number of rotatable bonds is 4. The summed E-state index contributed by atoms with van der Waals surface area (Å²) in [4.78, 5) is 17.4. The van der Waals surface area contributed by atoms with Gasteiger partial charge in [-0.1, -0.05) is 35.0 Å². The normalized spacial score (nSPS) is 14.1. The maximum atomic E-state index is 13.2. The molecule has 0 bridgehead atoms. The van der Waals surface area contributed by atoms with Crippen LogP contribution in [0.5, 0.6) is 5.75 Å². The SMILES string of the molecule is COc1ccc(N2CCN(C(=O)c3ccc4noc(-c5ccc(C)cc5)c4c3)CC2)cc1. The number of aryl methyl sites for hydroxylation is 1. The fraction of sp³-hybridized carbons (Fsp3) is 0.231. The predicted molar refractivity (Wildman–Crippen MR) is 125 cm³/mol. The third-order valence-electron chi connectivity index (χ3n) is 6.04. The Kier molecular flexibility index (Phi) is 5.27. The molecule has 1 saturated heterocycles. The molecule has 0 N–H and O–H groups in total. The van der Waals surface area contributed by atoms with Crippen molar-refractivity contribution in [3.63, 3.8) is 0 Å². The van der Waals surface area contributed by atoms with E-state index in [2.05, 4.69) is 22.2 Å². The average molecular weight is 428 g/mol. The number of piperazine rings is 1. The number of benzene rings is 3. The lowest BCUT2D eigenvalue weighted by molar-refractivity contribution is 0.0747. The molecule has 4 aromatic rings. The molecule has 1 aliphatic heterocycles. The van der Waals surface area contributed by atoms with Gasteiger partial charge < -0.3 is 19.1 Å². The van der Waals surface area contributed by atoms with Gasteiger partial charge in [0.25, 0.3) is 5.91 Å². The zero-order valence-electron chi connectivity index (χ0n) is 18.2. The lowest BCUT2D eigenvalue weighted by Crippen LogP contribution is -2.48. The van der Waals surface area contributed by atoms with Crippen LogP contribution in [0.4, 0.5) is 5.69 Å². The van der Waals surface area contributed by atoms with E-state index in [4.69, 9.17) is 9.26 Å². The maximum absolute atomic E-state index is 13.2. The summed E-state index contributed by atoms with van der Waals surface area (Å²) in [5.74, 6) is 1.58. The number of hydrogen-bond donors (Lipinski definition) is 0. The molecule has 5 rings (SSSR count). The van der Waals surface area contributed by atoms with Gasteiger partial charge in [0.05, 0.1) is 12.5 Å². The number of anilines is 1. The zero-order valence-corrected chi connectivity index (χ0v) is 18.2. The fourth-order valence-corrected chi connectivity index (χ4v) is 4.13. The van der Waals surface area contributed by atoms with Gasteiger partial charge in [-0.2, -0.15) is 0 Å². The summed E-state index contributed by atoms with van der Waals surface area (Å²) in [5.41, 5.74) is 4.69. The van der Waals surface area contributed by atoms with E-state index in [0.29, 0.717) is 24.4 Å². The topological polar surface area (TPSA) is 58.8 Å². The van der Waals surface area contributed by atoms with E-state index in [0.717, 1.165) is 41.0 Å². The molecule has 1 aliphatic rings. The number of hydrogen-bond acceptors (Lipinski definition) is 5. The minimum Gasteiger partial charge on any atom is -0.497 e. The third kappa shape index (κ3) is 3.80. The molecular weight excluding hydrogens is 402 g/mol. The number of nitrogens with zero attached hydrogens (tertiary/aromatic N) is 3. The molecule has 32 heavy (non-hydrogen) atoms. The standard InChI is InChI=1S/C26H25N3O3/c1-18-3-5-19(6-4-18)25-23-17-20(7-12-24(23)27-32-25)26(30)29-15-13-28(14-16-29)21-8-10-22(31-2)11-9-21/h3-12,17H,13-16H2,1-2H3. The number of aromatic nitrogens is 1. The van der Waals surface area contributed by atoms with Crippen molar-refractivity contribution in [1.29, 1.82) is 0 Å². The van der Waals surface area contributed by atoms with Crippen LogP contribution in [0.2, 0.25) is 0 Å². The lowest BCUT2D eigenvalue weighted by Gasteiger charge is -2.36. The molecular formula is C26H25N3O3. The van der Waals surface area contributed by atoms with Crippen LogP contribution in [0.3, 0.4) is 0 Å². The number of ether oxygens (including phenoxy) is 1. The van der Waals surface area contributed by atoms with Crippen molar-refractivity contribution in [3.05, 3.63) is 77.9 Å². The monoisotopic (exact) mass is 427 g/mol. The van der Waals surface area contributed by atoms with Crippen LogP contribution in [0.1, 0.15) is 15.9 Å². The van der Waals surface area contributed by atoms with Gasteiger partial charge in [-0.05, 0) is 49.4 Å². The van der Waals surface area contributed by atoms with Gasteiger partial charge in [-0.25, -0.2) is 0 Å². The second-order valence-corrected chi connectivity index (χ2v) is 8.09. The summed E-state index contributed by atoms with van der Waals surface area (Å²) in [6.45, 7) is 4.99. The van der Waals surface area contributed by atoms with Crippen LogP contribution >= 0.6 is 0 Å². The summed E-state index contributed by atoms with van der Waals surface area (Å²) in [6.07, 6.45) is 0. The van der Waals surface area contributed by atoms with E-state index in [9.17, 15) is 4.79 Å². The Labute approximate surface area is 187 Å². The summed E-state index contributed by atoms with van der Waals surface area (Å²) >= 11 is 0. The van der Waals surface area contributed by atoms with Gasteiger partial charge >= 0.3 is 0 Å². The van der Waals surface area contributed by atoms with E-state index < -0.39 is 0 Å². The molecule has 1 fully saturated rings. The van der Waals surface area contributed by atoms with Gasteiger partial charge in [0.15, 0.2) is 5.76 Å². The van der Waals surface area contributed by atoms with Crippen molar-refractivity contribution < 1.29 is 14.1 Å². The first-order valence-electron chi connectivity index (χ1n) is 10.8. The zero-order chi connectivity index (χ0) is 22.1. The van der Waals surface area contributed by atoms with Gasteiger partial charge in [-0.15, -0.1) is 0 Å². The minimum absolute atomic E-state index is 0.0392. The van der Waals surface area contributed by atoms with E-state index in [1.165, 1.54) is 5.56 Å². The highest BCUT2D eigenvalue weighted by molar-refractivity contribution is 6.01. The summed E-state index contributed by atoms with van der Waals surface area (Å²) in [7, 11) is 1.67. The summed E-state index contributed by atoms with van der Waals surface area (Å²) in [5, 5.41) is 5.03. The molecule has 0 spiro atoms. The molecule has 1 aromatic heterocycles. The number of carbonyl (C=O) groups excluding carboxylic acids is 1. The maximum Gasteiger partial charge on any atom is 0.254 e. The second-order valence-electron chi connectivity index (χ2n) is 8.09. The van der Waals surface area contributed by atoms with Crippen LogP contribution in [0.15, 0.2) is 71.3 Å². The highest BCUT2D eigenvalue weighted by Crippen LogP contribution is 2.30. The molecule has 1 amide bonds. The van der Waals surface area contributed by atoms with Gasteiger partial charge in [-0.3, -0.25) is 4.79 Å².